The molecule has 0 spiro atoms. The number of fused-ring (bicyclic) bond motifs is 1. The monoisotopic (exact) mass is 441 g/mol. The molecule has 9 heteroatoms. The molecular weight excluding hydrogens is 418 g/mol. The van der Waals surface area contributed by atoms with Crippen LogP contribution in [0.5, 0.6) is 0 Å². The summed E-state index contributed by atoms with van der Waals surface area (Å²) in [5.74, 6) is 0.641. The summed E-state index contributed by atoms with van der Waals surface area (Å²) in [7, 11) is 0. The lowest BCUT2D eigenvalue weighted by Gasteiger charge is -2.10. The van der Waals surface area contributed by atoms with Gasteiger partial charge in [-0.05, 0) is 30.9 Å². The first-order valence-corrected chi connectivity index (χ1v) is 10.8. The van der Waals surface area contributed by atoms with E-state index >= 15 is 0 Å². The fraction of sp³-hybridized carbons (Fsp3) is 0.364. The van der Waals surface area contributed by atoms with E-state index in [0.29, 0.717) is 37.5 Å². The number of nitrogens with zero attached hydrogens (tertiary/aromatic N) is 4. The molecule has 0 aliphatic carbocycles. The number of hydrogen-bond donors (Lipinski definition) is 1. The molecule has 0 fully saturated rings. The van der Waals surface area contributed by atoms with Gasteiger partial charge >= 0.3 is 5.69 Å². The number of aromatic amines is 1. The number of H-pyrrole nitrogens is 1. The second-order valence-corrected chi connectivity index (χ2v) is 7.78. The van der Waals surface area contributed by atoms with E-state index < -0.39 is 5.56 Å². The molecule has 0 amide bonds. The summed E-state index contributed by atoms with van der Waals surface area (Å²) in [6.07, 6.45) is 5.38. The maximum absolute atomic E-state index is 12.9. The Kier molecular flexibility index (Phi) is 6.36. The van der Waals surface area contributed by atoms with Gasteiger partial charge in [0.1, 0.15) is 12.0 Å². The van der Waals surface area contributed by atoms with Crippen molar-refractivity contribution in [2.45, 2.75) is 52.1 Å². The minimum atomic E-state index is -0.394. The van der Waals surface area contributed by atoms with Crippen molar-refractivity contribution in [1.82, 2.24) is 24.1 Å². The lowest BCUT2D eigenvalue weighted by molar-refractivity contribution is 0.468. The van der Waals surface area contributed by atoms with Crippen LogP contribution < -0.4 is 11.2 Å². The Labute approximate surface area is 183 Å². The number of oxazole rings is 1. The number of hydrogen-bond acceptors (Lipinski definition) is 5. The second-order valence-electron chi connectivity index (χ2n) is 7.42. The Morgan fingerprint density at radius 2 is 1.81 bits per heavy atom. The van der Waals surface area contributed by atoms with E-state index in [1.807, 2.05) is 37.3 Å². The van der Waals surface area contributed by atoms with Crippen molar-refractivity contribution < 1.29 is 4.42 Å². The van der Waals surface area contributed by atoms with E-state index in [-0.39, 0.29) is 16.5 Å². The molecule has 0 bridgehead atoms. The first kappa shape index (κ1) is 21.1. The Morgan fingerprint density at radius 1 is 1.03 bits per heavy atom. The van der Waals surface area contributed by atoms with Crippen LogP contribution in [0.2, 0.25) is 5.28 Å². The fourth-order valence-corrected chi connectivity index (χ4v) is 3.74. The molecule has 0 saturated heterocycles. The van der Waals surface area contributed by atoms with Gasteiger partial charge in [-0.25, -0.2) is 9.78 Å². The number of benzene rings is 1. The molecule has 0 unspecified atom stereocenters. The van der Waals surface area contributed by atoms with Gasteiger partial charge in [-0.3, -0.25) is 13.9 Å². The summed E-state index contributed by atoms with van der Waals surface area (Å²) in [5, 5.41) is 0.104. The summed E-state index contributed by atoms with van der Waals surface area (Å²) in [4.78, 5) is 37.2. The minimum Gasteiger partial charge on any atom is -0.448 e. The molecule has 3 aromatic heterocycles. The lowest BCUT2D eigenvalue weighted by Crippen LogP contribution is -2.40. The number of imidazole rings is 1. The highest BCUT2D eigenvalue weighted by Crippen LogP contribution is 2.19. The number of aromatic nitrogens is 5. The third-order valence-corrected chi connectivity index (χ3v) is 5.39. The Bertz CT molecular complexity index is 1290. The molecule has 0 aliphatic rings. The van der Waals surface area contributed by atoms with E-state index in [9.17, 15) is 9.59 Å². The van der Waals surface area contributed by atoms with Crippen molar-refractivity contribution >= 4 is 22.8 Å². The van der Waals surface area contributed by atoms with Gasteiger partial charge in [0.05, 0.1) is 0 Å². The van der Waals surface area contributed by atoms with Crippen LogP contribution in [0.4, 0.5) is 0 Å². The quantitative estimate of drug-likeness (QED) is 0.312. The van der Waals surface area contributed by atoms with E-state index in [4.69, 9.17) is 16.0 Å². The van der Waals surface area contributed by atoms with Gasteiger partial charge in [-0.15, -0.1) is 0 Å². The maximum Gasteiger partial charge on any atom is 0.332 e. The summed E-state index contributed by atoms with van der Waals surface area (Å²) in [5.41, 5.74) is 1.64. The molecule has 3 heterocycles. The number of aryl methyl sites for hydroxylation is 2. The number of unbranched alkanes of at least 4 members (excludes halogenated alkanes) is 2. The molecule has 0 radical (unpaired) electrons. The molecule has 1 aromatic carbocycles. The minimum absolute atomic E-state index is 0.104. The third-order valence-electron chi connectivity index (χ3n) is 5.21. The Morgan fingerprint density at radius 3 is 2.58 bits per heavy atom. The van der Waals surface area contributed by atoms with Crippen LogP contribution in [0.3, 0.4) is 0 Å². The molecule has 0 saturated carbocycles. The average molecular weight is 442 g/mol. The zero-order valence-electron chi connectivity index (χ0n) is 17.3. The average Bonchev–Trinajstić information content (AvgIpc) is 3.40. The number of halogens is 1. The van der Waals surface area contributed by atoms with Crippen LogP contribution in [0.1, 0.15) is 38.5 Å². The van der Waals surface area contributed by atoms with Gasteiger partial charge in [0.15, 0.2) is 17.1 Å². The van der Waals surface area contributed by atoms with Crippen LogP contribution in [0.25, 0.3) is 22.4 Å². The molecule has 4 rings (SSSR count). The highest BCUT2D eigenvalue weighted by Gasteiger charge is 2.16. The fourth-order valence-electron chi connectivity index (χ4n) is 3.57. The predicted molar refractivity (Wildman–Crippen MR) is 119 cm³/mol. The van der Waals surface area contributed by atoms with Gasteiger partial charge in [0, 0.05) is 25.1 Å². The highest BCUT2D eigenvalue weighted by atomic mass is 35.5. The zero-order valence-corrected chi connectivity index (χ0v) is 18.1. The molecular formula is C22H24ClN5O3. The largest absolute Gasteiger partial charge is 0.448 e. The summed E-state index contributed by atoms with van der Waals surface area (Å²) in [6, 6.07) is 9.83. The SMILES string of the molecule is CCCCn1c(=O)n(CCCCc2nc(-c3ccccc3)co2)c(=O)c2[nH]c(Cl)nc21. The second kappa shape index (κ2) is 9.34. The van der Waals surface area contributed by atoms with E-state index in [1.165, 1.54) is 9.13 Å². The van der Waals surface area contributed by atoms with Crippen LogP contribution in [0.15, 0.2) is 50.6 Å². The van der Waals surface area contributed by atoms with Crippen molar-refractivity contribution in [3.63, 3.8) is 0 Å². The number of rotatable bonds is 9. The van der Waals surface area contributed by atoms with Crippen LogP contribution in [-0.2, 0) is 19.5 Å². The van der Waals surface area contributed by atoms with Gasteiger partial charge in [-0.2, -0.15) is 4.98 Å². The molecule has 1 N–H and O–H groups in total. The topological polar surface area (TPSA) is 98.7 Å². The van der Waals surface area contributed by atoms with E-state index in [1.54, 1.807) is 6.26 Å². The summed E-state index contributed by atoms with van der Waals surface area (Å²) < 4.78 is 8.36. The van der Waals surface area contributed by atoms with Crippen LogP contribution in [-0.4, -0.2) is 24.1 Å². The molecule has 4 aromatic rings. The van der Waals surface area contributed by atoms with Gasteiger partial charge in [-0.1, -0.05) is 43.7 Å². The maximum atomic E-state index is 12.9. The van der Waals surface area contributed by atoms with E-state index in [0.717, 1.165) is 30.5 Å². The third kappa shape index (κ3) is 4.49. The smallest absolute Gasteiger partial charge is 0.332 e. The summed E-state index contributed by atoms with van der Waals surface area (Å²) >= 11 is 5.96. The van der Waals surface area contributed by atoms with Crippen molar-refractivity contribution in [3.8, 4) is 11.3 Å². The number of nitrogens with one attached hydrogen (secondary N) is 1. The summed E-state index contributed by atoms with van der Waals surface area (Å²) in [6.45, 7) is 2.84. The first-order valence-electron chi connectivity index (χ1n) is 10.5. The zero-order chi connectivity index (χ0) is 21.8. The molecule has 31 heavy (non-hydrogen) atoms. The van der Waals surface area contributed by atoms with Crippen molar-refractivity contribution in [2.75, 3.05) is 0 Å². The van der Waals surface area contributed by atoms with Crippen LogP contribution >= 0.6 is 11.6 Å². The van der Waals surface area contributed by atoms with Gasteiger partial charge < -0.3 is 9.40 Å². The predicted octanol–water partition coefficient (Wildman–Crippen LogP) is 4.02. The molecule has 0 aliphatic heterocycles. The van der Waals surface area contributed by atoms with E-state index in [2.05, 4.69) is 15.0 Å². The van der Waals surface area contributed by atoms with Crippen molar-refractivity contribution in [1.29, 1.82) is 0 Å². The molecule has 0 atom stereocenters. The van der Waals surface area contributed by atoms with Gasteiger partial charge in [0.2, 0.25) is 5.28 Å². The Hall–Kier alpha value is -3.13. The van der Waals surface area contributed by atoms with Crippen molar-refractivity contribution in [2.24, 2.45) is 0 Å². The normalized spacial score (nSPS) is 11.4. The lowest BCUT2D eigenvalue weighted by atomic mass is 10.2. The first-order chi connectivity index (χ1) is 15.1. The Balaban J connectivity index is 1.46. The standard InChI is InChI=1S/C22H24ClN5O3/c1-2-3-12-27-19-18(25-21(23)26-19)20(29)28(22(27)30)13-8-7-11-17-24-16(14-31-17)15-9-5-4-6-10-15/h4-6,9-10,14H,2-3,7-8,11-13H2,1H3,(H,25,26). The highest BCUT2D eigenvalue weighted by molar-refractivity contribution is 6.28. The molecule has 162 valence electrons. The van der Waals surface area contributed by atoms with Crippen molar-refractivity contribution in [3.05, 3.63) is 68.6 Å². The van der Waals surface area contributed by atoms with Crippen LogP contribution in [0, 0.1) is 0 Å². The molecule has 8 nitrogen and oxygen atoms in total. The van der Waals surface area contributed by atoms with Gasteiger partial charge in [0.25, 0.3) is 5.56 Å².